The molecule has 0 aliphatic carbocycles. The predicted octanol–water partition coefficient (Wildman–Crippen LogP) is 3.35. The van der Waals surface area contributed by atoms with Gasteiger partial charge in [0.2, 0.25) is 5.95 Å². The van der Waals surface area contributed by atoms with E-state index in [9.17, 15) is 0 Å². The number of hydrogen-bond acceptors (Lipinski definition) is 6. The van der Waals surface area contributed by atoms with Crippen molar-refractivity contribution in [2.24, 2.45) is 0 Å². The minimum absolute atomic E-state index is 0.260. The van der Waals surface area contributed by atoms with Crippen LogP contribution in [0.15, 0.2) is 33.9 Å². The Kier molecular flexibility index (Phi) is 6.14. The lowest BCUT2D eigenvalue weighted by Crippen LogP contribution is -2.38. The molecule has 1 aromatic carbocycles. The number of anilines is 1. The average Bonchev–Trinajstić information content (AvgIpc) is 3.31. The molecule has 4 rings (SSSR count). The summed E-state index contributed by atoms with van der Waals surface area (Å²) in [7, 11) is 0. The van der Waals surface area contributed by atoms with E-state index < -0.39 is 0 Å². The summed E-state index contributed by atoms with van der Waals surface area (Å²) in [6.07, 6.45) is 2.51. The first-order chi connectivity index (χ1) is 12.8. The van der Waals surface area contributed by atoms with Gasteiger partial charge in [0.05, 0.1) is 25.9 Å². The van der Waals surface area contributed by atoms with Gasteiger partial charge in [-0.05, 0) is 30.5 Å². The largest absolute Gasteiger partial charge is 0.378 e. The number of halogens is 1. The van der Waals surface area contributed by atoms with E-state index in [1.54, 1.807) is 11.8 Å². The molecule has 1 unspecified atom stereocenters. The average molecular weight is 439 g/mol. The van der Waals surface area contributed by atoms with Gasteiger partial charge in [-0.25, -0.2) is 0 Å². The number of hydrogen-bond donors (Lipinski definition) is 0. The van der Waals surface area contributed by atoms with Crippen LogP contribution in [-0.2, 0) is 21.8 Å². The first kappa shape index (κ1) is 18.3. The number of morpholine rings is 1. The van der Waals surface area contributed by atoms with Crippen LogP contribution in [-0.4, -0.2) is 53.8 Å². The predicted molar refractivity (Wildman–Crippen MR) is 106 cm³/mol. The van der Waals surface area contributed by atoms with Crippen molar-refractivity contribution in [3.05, 3.63) is 34.3 Å². The monoisotopic (exact) mass is 438 g/mol. The van der Waals surface area contributed by atoms with Crippen LogP contribution in [0.3, 0.4) is 0 Å². The van der Waals surface area contributed by atoms with E-state index in [0.717, 1.165) is 73.6 Å². The van der Waals surface area contributed by atoms with E-state index in [-0.39, 0.29) is 6.10 Å². The highest BCUT2D eigenvalue weighted by Gasteiger charge is 2.24. The van der Waals surface area contributed by atoms with Crippen LogP contribution in [0.5, 0.6) is 0 Å². The van der Waals surface area contributed by atoms with E-state index in [2.05, 4.69) is 53.8 Å². The fourth-order valence-corrected chi connectivity index (χ4v) is 4.64. The lowest BCUT2D eigenvalue weighted by Gasteiger charge is -2.28. The summed E-state index contributed by atoms with van der Waals surface area (Å²) in [6.45, 7) is 4.89. The Hall–Kier alpha value is -1.09. The molecule has 2 saturated heterocycles. The SMILES string of the molecule is Brc1cccc(CSc2nnc(N3CCOCC3)n2CC2CCCO2)c1. The van der Waals surface area contributed by atoms with E-state index in [0.29, 0.717) is 0 Å². The summed E-state index contributed by atoms with van der Waals surface area (Å²) in [4.78, 5) is 2.27. The third-order valence-corrected chi connectivity index (χ3v) is 6.19. The Morgan fingerprint density at radius 3 is 2.85 bits per heavy atom. The molecule has 2 aromatic rings. The van der Waals surface area contributed by atoms with Crippen molar-refractivity contribution in [3.8, 4) is 0 Å². The van der Waals surface area contributed by atoms with Crippen molar-refractivity contribution in [2.75, 3.05) is 37.8 Å². The van der Waals surface area contributed by atoms with Gasteiger partial charge in [0.25, 0.3) is 0 Å². The summed E-state index contributed by atoms with van der Waals surface area (Å²) >= 11 is 5.27. The van der Waals surface area contributed by atoms with Gasteiger partial charge in [0.1, 0.15) is 0 Å². The number of benzene rings is 1. The van der Waals surface area contributed by atoms with Gasteiger partial charge in [0.15, 0.2) is 5.16 Å². The number of aromatic nitrogens is 3. The minimum atomic E-state index is 0.260. The number of thioether (sulfide) groups is 1. The zero-order valence-corrected chi connectivity index (χ0v) is 17.0. The van der Waals surface area contributed by atoms with Gasteiger partial charge in [-0.3, -0.25) is 4.57 Å². The maximum atomic E-state index is 5.87. The van der Waals surface area contributed by atoms with E-state index >= 15 is 0 Å². The van der Waals surface area contributed by atoms with Crippen molar-refractivity contribution < 1.29 is 9.47 Å². The second-order valence-electron chi connectivity index (χ2n) is 6.55. The molecule has 2 aliphatic heterocycles. The smallest absolute Gasteiger partial charge is 0.228 e. The molecular weight excluding hydrogens is 416 g/mol. The van der Waals surface area contributed by atoms with Gasteiger partial charge >= 0.3 is 0 Å². The second kappa shape index (κ2) is 8.73. The van der Waals surface area contributed by atoms with Gasteiger partial charge in [-0.1, -0.05) is 39.8 Å². The van der Waals surface area contributed by atoms with E-state index in [1.165, 1.54) is 5.56 Å². The Balaban J connectivity index is 1.53. The molecule has 0 bridgehead atoms. The maximum absolute atomic E-state index is 5.87. The Morgan fingerprint density at radius 1 is 1.19 bits per heavy atom. The highest BCUT2D eigenvalue weighted by Crippen LogP contribution is 2.28. The number of rotatable bonds is 6. The molecule has 2 fully saturated rings. The number of ether oxygens (including phenoxy) is 2. The topological polar surface area (TPSA) is 52.4 Å². The van der Waals surface area contributed by atoms with Gasteiger partial charge in [-0.15, -0.1) is 10.2 Å². The summed E-state index contributed by atoms with van der Waals surface area (Å²) < 4.78 is 14.7. The van der Waals surface area contributed by atoms with Crippen molar-refractivity contribution >= 4 is 33.6 Å². The zero-order valence-electron chi connectivity index (χ0n) is 14.6. The van der Waals surface area contributed by atoms with Crippen LogP contribution >= 0.6 is 27.7 Å². The van der Waals surface area contributed by atoms with Crippen LogP contribution in [0.2, 0.25) is 0 Å². The molecule has 1 atom stereocenters. The lowest BCUT2D eigenvalue weighted by atomic mass is 10.2. The quantitative estimate of drug-likeness (QED) is 0.644. The van der Waals surface area contributed by atoms with Crippen molar-refractivity contribution in [1.82, 2.24) is 14.8 Å². The third-order valence-electron chi connectivity index (χ3n) is 4.66. The van der Waals surface area contributed by atoms with Crippen LogP contribution in [0.4, 0.5) is 5.95 Å². The molecule has 0 amide bonds. The van der Waals surface area contributed by atoms with Crippen molar-refractivity contribution in [3.63, 3.8) is 0 Å². The van der Waals surface area contributed by atoms with E-state index in [4.69, 9.17) is 9.47 Å². The molecule has 2 aliphatic rings. The van der Waals surface area contributed by atoms with Crippen LogP contribution in [0.25, 0.3) is 0 Å². The molecule has 0 radical (unpaired) electrons. The van der Waals surface area contributed by atoms with Gasteiger partial charge in [-0.2, -0.15) is 0 Å². The van der Waals surface area contributed by atoms with E-state index in [1.807, 2.05) is 6.07 Å². The van der Waals surface area contributed by atoms with Gasteiger partial charge in [0, 0.05) is 29.9 Å². The normalized spacial score (nSPS) is 20.7. The molecule has 1 aromatic heterocycles. The van der Waals surface area contributed by atoms with Crippen molar-refractivity contribution in [1.29, 1.82) is 0 Å². The summed E-state index contributed by atoms with van der Waals surface area (Å²) in [6, 6.07) is 8.40. The summed E-state index contributed by atoms with van der Waals surface area (Å²) in [5, 5.41) is 9.97. The highest BCUT2D eigenvalue weighted by molar-refractivity contribution is 9.10. The Morgan fingerprint density at radius 2 is 2.08 bits per heavy atom. The summed E-state index contributed by atoms with van der Waals surface area (Å²) in [5.74, 6) is 1.81. The van der Waals surface area contributed by atoms with Crippen LogP contribution in [0, 0.1) is 0 Å². The highest BCUT2D eigenvalue weighted by atomic mass is 79.9. The van der Waals surface area contributed by atoms with Crippen LogP contribution < -0.4 is 4.90 Å². The lowest BCUT2D eigenvalue weighted by molar-refractivity contribution is 0.0942. The molecule has 6 nitrogen and oxygen atoms in total. The first-order valence-corrected chi connectivity index (χ1v) is 10.8. The van der Waals surface area contributed by atoms with Gasteiger partial charge < -0.3 is 14.4 Å². The molecule has 0 N–H and O–H groups in total. The Bertz CT molecular complexity index is 730. The fraction of sp³-hybridized carbons (Fsp3) is 0.556. The van der Waals surface area contributed by atoms with Crippen molar-refractivity contribution in [2.45, 2.75) is 36.4 Å². The zero-order chi connectivity index (χ0) is 17.8. The number of nitrogens with zero attached hydrogens (tertiary/aromatic N) is 4. The molecule has 0 spiro atoms. The summed E-state index contributed by atoms with van der Waals surface area (Å²) in [5.41, 5.74) is 1.27. The third kappa shape index (κ3) is 4.42. The molecule has 26 heavy (non-hydrogen) atoms. The Labute approximate surface area is 166 Å². The second-order valence-corrected chi connectivity index (χ2v) is 8.40. The molecule has 0 saturated carbocycles. The molecule has 8 heteroatoms. The molecule has 3 heterocycles. The van der Waals surface area contributed by atoms with Crippen LogP contribution in [0.1, 0.15) is 18.4 Å². The minimum Gasteiger partial charge on any atom is -0.378 e. The standard InChI is InChI=1S/C18H23BrN4O2S/c19-15-4-1-3-14(11-15)13-26-18-21-20-17(22-6-9-24-10-7-22)23(18)12-16-5-2-8-25-16/h1,3-4,11,16H,2,5-10,12-13H2. The molecule has 140 valence electrons. The maximum Gasteiger partial charge on any atom is 0.228 e. The first-order valence-electron chi connectivity index (χ1n) is 9.04. The molecular formula is C18H23BrN4O2S. The fourth-order valence-electron chi connectivity index (χ4n) is 3.31.